The van der Waals surface area contributed by atoms with Crippen molar-refractivity contribution in [2.24, 2.45) is 11.8 Å². The molecule has 13 heteroatoms. The maximum Gasteiger partial charge on any atom is 0.308 e. The third-order valence-corrected chi connectivity index (χ3v) is 10.5. The monoisotopic (exact) mass is 610 g/mol. The summed E-state index contributed by atoms with van der Waals surface area (Å²) in [5.74, 6) is -4.53. The van der Waals surface area contributed by atoms with Crippen LogP contribution in [0, 0.1) is 11.8 Å². The molecule has 0 spiro atoms. The van der Waals surface area contributed by atoms with E-state index in [-0.39, 0.29) is 78.2 Å². The number of sulfonamides is 1. The van der Waals surface area contributed by atoms with Crippen LogP contribution >= 0.6 is 11.6 Å². The fourth-order valence-corrected chi connectivity index (χ4v) is 7.58. The molecule has 1 amide bonds. The molecule has 1 aliphatic carbocycles. The van der Waals surface area contributed by atoms with Gasteiger partial charge in [-0.3, -0.25) is 9.59 Å². The average Bonchev–Trinajstić information content (AvgIpc) is 3.42. The smallest absolute Gasteiger partial charge is 0.308 e. The zero-order valence-electron chi connectivity index (χ0n) is 22.8. The van der Waals surface area contributed by atoms with Gasteiger partial charge >= 0.3 is 5.97 Å². The first-order valence-electron chi connectivity index (χ1n) is 13.8. The molecule has 1 aromatic carbocycles. The minimum atomic E-state index is -3.78. The first-order valence-corrected chi connectivity index (χ1v) is 15.6. The number of pyridine rings is 1. The fraction of sp³-hybridized carbons (Fsp3) is 0.536. The lowest BCUT2D eigenvalue weighted by Gasteiger charge is -2.36. The highest BCUT2D eigenvalue weighted by atomic mass is 35.5. The highest BCUT2D eigenvalue weighted by Gasteiger charge is 2.44. The highest BCUT2D eigenvalue weighted by Crippen LogP contribution is 2.46. The Balaban J connectivity index is 1.24. The highest BCUT2D eigenvalue weighted by molar-refractivity contribution is 7.89. The summed E-state index contributed by atoms with van der Waals surface area (Å²) < 4.78 is 63.9. The van der Waals surface area contributed by atoms with Gasteiger partial charge in [0.1, 0.15) is 11.0 Å². The molecule has 3 aliphatic rings. The summed E-state index contributed by atoms with van der Waals surface area (Å²) in [6.07, 6.45) is 2.33. The Bertz CT molecular complexity index is 1390. The minimum absolute atomic E-state index is 0.0261. The van der Waals surface area contributed by atoms with Crippen molar-refractivity contribution in [2.75, 3.05) is 49.6 Å². The fourth-order valence-electron chi connectivity index (χ4n) is 5.96. The molecule has 222 valence electrons. The van der Waals surface area contributed by atoms with Crippen molar-refractivity contribution in [1.82, 2.24) is 9.29 Å². The Morgan fingerprint density at radius 1 is 1.02 bits per heavy atom. The number of ether oxygens (including phenoxy) is 1. The van der Waals surface area contributed by atoms with Crippen LogP contribution < -0.4 is 9.80 Å². The number of carbonyl (C=O) groups is 2. The van der Waals surface area contributed by atoms with Gasteiger partial charge in [-0.25, -0.2) is 22.2 Å². The van der Waals surface area contributed by atoms with Crippen LogP contribution in [0.3, 0.4) is 0 Å². The van der Waals surface area contributed by atoms with Crippen molar-refractivity contribution in [3.05, 3.63) is 47.1 Å². The molecule has 3 fully saturated rings. The predicted molar refractivity (Wildman–Crippen MR) is 150 cm³/mol. The van der Waals surface area contributed by atoms with Crippen LogP contribution in [0.25, 0.3) is 0 Å². The summed E-state index contributed by atoms with van der Waals surface area (Å²) >= 11 is 6.18. The van der Waals surface area contributed by atoms with Crippen LogP contribution in [0.2, 0.25) is 5.15 Å². The SMILES string of the molecule is COC(=O)C1CCC(C(F)(F)c2cc(Cl)nc(N3CCN(S(=O)(=O)c4ccc(N5CCCC5=O)cc4)CC3)c2)CC1. The summed E-state index contributed by atoms with van der Waals surface area (Å²) in [5.41, 5.74) is 0.438. The third-order valence-electron chi connectivity index (χ3n) is 8.36. The quantitative estimate of drug-likeness (QED) is 0.337. The molecule has 2 aliphatic heterocycles. The van der Waals surface area contributed by atoms with Crippen LogP contribution in [0.1, 0.15) is 44.1 Å². The standard InChI is InChI=1S/C28H33ClF2N4O5S/c1-40-27(37)19-4-6-20(7-5-19)28(30,31)21-17-24(29)32-25(18-21)33-13-15-34(16-14-33)41(38,39)23-10-8-22(9-11-23)35-12-2-3-26(35)36/h8-11,17-20H,2-7,12-16H2,1H3. The topological polar surface area (TPSA) is 100 Å². The number of anilines is 2. The van der Waals surface area contributed by atoms with E-state index >= 15 is 8.78 Å². The van der Waals surface area contributed by atoms with E-state index in [1.54, 1.807) is 21.9 Å². The van der Waals surface area contributed by atoms with Gasteiger partial charge in [0.05, 0.1) is 17.9 Å². The number of aromatic nitrogens is 1. The molecule has 0 radical (unpaired) electrons. The van der Waals surface area contributed by atoms with E-state index in [0.717, 1.165) is 6.42 Å². The van der Waals surface area contributed by atoms with Crippen molar-refractivity contribution < 1.29 is 31.5 Å². The molecule has 1 saturated carbocycles. The molecule has 41 heavy (non-hydrogen) atoms. The average molecular weight is 611 g/mol. The van der Waals surface area contributed by atoms with E-state index in [0.29, 0.717) is 31.5 Å². The van der Waals surface area contributed by atoms with Crippen LogP contribution in [-0.4, -0.2) is 69.4 Å². The van der Waals surface area contributed by atoms with E-state index < -0.39 is 21.9 Å². The number of halogens is 3. The lowest BCUT2D eigenvalue weighted by atomic mass is 9.77. The summed E-state index contributed by atoms with van der Waals surface area (Å²) in [4.78, 5) is 31.6. The Morgan fingerprint density at radius 3 is 2.27 bits per heavy atom. The van der Waals surface area contributed by atoms with E-state index in [1.165, 1.54) is 35.7 Å². The van der Waals surface area contributed by atoms with Crippen LogP contribution in [0.15, 0.2) is 41.3 Å². The normalized spacial score (nSPS) is 22.7. The van der Waals surface area contributed by atoms with E-state index in [2.05, 4.69) is 4.98 Å². The Morgan fingerprint density at radius 2 is 1.68 bits per heavy atom. The number of piperazine rings is 1. The summed E-state index contributed by atoms with van der Waals surface area (Å²) in [5, 5.41) is -0.0629. The summed E-state index contributed by atoms with van der Waals surface area (Å²) in [6.45, 7) is 1.41. The van der Waals surface area contributed by atoms with Gasteiger partial charge in [-0.2, -0.15) is 4.31 Å². The molecular weight excluding hydrogens is 578 g/mol. The largest absolute Gasteiger partial charge is 0.469 e. The molecule has 2 aromatic rings. The molecule has 0 N–H and O–H groups in total. The number of rotatable bonds is 7. The number of carbonyl (C=O) groups excluding carboxylic acids is 2. The number of alkyl halides is 2. The number of amides is 1. The lowest BCUT2D eigenvalue weighted by Crippen LogP contribution is -2.49. The molecule has 5 rings (SSSR count). The molecule has 0 atom stereocenters. The Hall–Kier alpha value is -2.83. The van der Waals surface area contributed by atoms with Crippen LogP contribution in [0.4, 0.5) is 20.3 Å². The maximum absolute atomic E-state index is 15.6. The van der Waals surface area contributed by atoms with Gasteiger partial charge in [0.25, 0.3) is 5.92 Å². The van der Waals surface area contributed by atoms with Crippen molar-refractivity contribution >= 4 is 45.0 Å². The van der Waals surface area contributed by atoms with Gasteiger partial charge in [-0.15, -0.1) is 0 Å². The van der Waals surface area contributed by atoms with Crippen LogP contribution in [-0.2, 0) is 30.3 Å². The van der Waals surface area contributed by atoms with Crippen LogP contribution in [0.5, 0.6) is 0 Å². The van der Waals surface area contributed by atoms with Crippen molar-refractivity contribution in [2.45, 2.75) is 49.3 Å². The molecule has 3 heterocycles. The van der Waals surface area contributed by atoms with Crippen molar-refractivity contribution in [3.63, 3.8) is 0 Å². The number of methoxy groups -OCH3 is 1. The number of hydrogen-bond acceptors (Lipinski definition) is 7. The van der Waals surface area contributed by atoms with Gasteiger partial charge in [0, 0.05) is 56.3 Å². The second-order valence-electron chi connectivity index (χ2n) is 10.8. The Labute approximate surface area is 243 Å². The van der Waals surface area contributed by atoms with Crippen molar-refractivity contribution in [1.29, 1.82) is 0 Å². The summed E-state index contributed by atoms with van der Waals surface area (Å²) in [6, 6.07) is 8.82. The van der Waals surface area contributed by atoms with E-state index in [4.69, 9.17) is 16.3 Å². The number of nitrogens with zero attached hydrogens (tertiary/aromatic N) is 4. The second kappa shape index (κ2) is 11.8. The number of benzene rings is 1. The molecule has 9 nitrogen and oxygen atoms in total. The molecule has 0 unspecified atom stereocenters. The maximum atomic E-state index is 15.6. The zero-order valence-corrected chi connectivity index (χ0v) is 24.3. The van der Waals surface area contributed by atoms with Gasteiger partial charge in [0.15, 0.2) is 0 Å². The molecule has 2 saturated heterocycles. The second-order valence-corrected chi connectivity index (χ2v) is 13.1. The minimum Gasteiger partial charge on any atom is -0.469 e. The predicted octanol–water partition coefficient (Wildman–Crippen LogP) is 4.44. The van der Waals surface area contributed by atoms with Crippen molar-refractivity contribution in [3.8, 4) is 0 Å². The van der Waals surface area contributed by atoms with E-state index in [1.807, 2.05) is 0 Å². The Kier molecular flexibility index (Phi) is 8.54. The first kappa shape index (κ1) is 29.7. The van der Waals surface area contributed by atoms with Gasteiger partial charge < -0.3 is 14.5 Å². The van der Waals surface area contributed by atoms with Gasteiger partial charge in [-0.1, -0.05) is 11.6 Å². The summed E-state index contributed by atoms with van der Waals surface area (Å²) in [7, 11) is -2.48. The molecule has 0 bridgehead atoms. The third kappa shape index (κ3) is 6.05. The van der Waals surface area contributed by atoms with E-state index in [9.17, 15) is 18.0 Å². The van der Waals surface area contributed by atoms with Gasteiger partial charge in [0.2, 0.25) is 15.9 Å². The lowest BCUT2D eigenvalue weighted by molar-refractivity contribution is -0.149. The van der Waals surface area contributed by atoms with Gasteiger partial charge in [-0.05, 0) is 68.5 Å². The number of esters is 1. The number of hydrogen-bond donors (Lipinski definition) is 0. The molecular formula is C28H33ClF2N4O5S. The first-order chi connectivity index (χ1) is 19.5. The molecule has 1 aromatic heterocycles. The zero-order chi connectivity index (χ0) is 29.4.